The fourth-order valence-electron chi connectivity index (χ4n) is 1.91. The molecule has 0 unspecified atom stereocenters. The Morgan fingerprint density at radius 3 is 3.00 bits per heavy atom. The Hall–Kier alpha value is -0.940. The summed E-state index contributed by atoms with van der Waals surface area (Å²) in [4.78, 5) is 2.32. The van der Waals surface area contributed by atoms with E-state index in [4.69, 9.17) is 0 Å². The van der Waals surface area contributed by atoms with Crippen LogP contribution in [-0.4, -0.2) is 44.5 Å². The van der Waals surface area contributed by atoms with Gasteiger partial charge in [-0.25, -0.2) is 0 Å². The average molecular weight is 210 g/mol. The van der Waals surface area contributed by atoms with E-state index in [9.17, 15) is 5.11 Å². The van der Waals surface area contributed by atoms with E-state index in [-0.39, 0.29) is 12.0 Å². The zero-order chi connectivity index (χ0) is 10.9. The average Bonchev–Trinajstić information content (AvgIpc) is 2.64. The normalized spacial score (nSPS) is 17.8. The molecule has 1 N–H and O–H groups in total. The van der Waals surface area contributed by atoms with E-state index < -0.39 is 0 Å². The van der Waals surface area contributed by atoms with E-state index in [1.165, 1.54) is 0 Å². The zero-order valence-electron chi connectivity index (χ0n) is 9.35. The van der Waals surface area contributed by atoms with Crippen molar-refractivity contribution in [1.82, 2.24) is 19.7 Å². The van der Waals surface area contributed by atoms with E-state index >= 15 is 0 Å². The summed E-state index contributed by atoms with van der Waals surface area (Å²) in [6.45, 7) is 8.06. The van der Waals surface area contributed by atoms with E-state index in [0.29, 0.717) is 0 Å². The molecule has 0 fully saturated rings. The van der Waals surface area contributed by atoms with E-state index in [0.717, 1.165) is 32.0 Å². The molecule has 5 nitrogen and oxygen atoms in total. The monoisotopic (exact) mass is 210 g/mol. The number of fused-ring (bicyclic) bond motifs is 1. The maximum absolute atomic E-state index is 9.22. The van der Waals surface area contributed by atoms with Crippen LogP contribution in [0.4, 0.5) is 0 Å². The predicted octanol–water partition coefficient (Wildman–Crippen LogP) is 0.112. The Morgan fingerprint density at radius 1 is 1.47 bits per heavy atom. The molecule has 1 aliphatic rings. The van der Waals surface area contributed by atoms with Gasteiger partial charge in [-0.05, 0) is 0 Å². The van der Waals surface area contributed by atoms with Crippen LogP contribution in [-0.2, 0) is 13.1 Å². The maximum Gasteiger partial charge on any atom is 0.147 e. The highest BCUT2D eigenvalue weighted by Crippen LogP contribution is 2.19. The molecule has 1 aromatic rings. The van der Waals surface area contributed by atoms with Crippen LogP contribution in [0.3, 0.4) is 0 Å². The van der Waals surface area contributed by atoms with Gasteiger partial charge in [0.25, 0.3) is 0 Å². The summed E-state index contributed by atoms with van der Waals surface area (Å²) in [5.74, 6) is 1.02. The van der Waals surface area contributed by atoms with E-state index in [2.05, 4.69) is 33.5 Å². The first-order chi connectivity index (χ1) is 7.11. The molecular weight excluding hydrogens is 192 g/mol. The number of nitrogens with zero attached hydrogens (tertiary/aromatic N) is 4. The molecule has 1 aromatic heterocycles. The summed E-state index contributed by atoms with van der Waals surface area (Å²) in [5.41, 5.74) is -0.0395. The van der Waals surface area contributed by atoms with Gasteiger partial charge in [-0.15, -0.1) is 10.2 Å². The van der Waals surface area contributed by atoms with Crippen molar-refractivity contribution in [3.63, 3.8) is 0 Å². The highest BCUT2D eigenvalue weighted by atomic mass is 16.3. The molecule has 0 aliphatic carbocycles. The number of aromatic nitrogens is 3. The third-order valence-electron chi connectivity index (χ3n) is 2.80. The topological polar surface area (TPSA) is 54.2 Å². The first kappa shape index (κ1) is 10.6. The van der Waals surface area contributed by atoms with Crippen LogP contribution in [0, 0.1) is 5.41 Å². The molecule has 0 saturated heterocycles. The van der Waals surface area contributed by atoms with E-state index in [1.54, 1.807) is 6.33 Å². The van der Waals surface area contributed by atoms with Gasteiger partial charge in [0.05, 0.1) is 6.54 Å². The van der Waals surface area contributed by atoms with Gasteiger partial charge >= 0.3 is 0 Å². The van der Waals surface area contributed by atoms with Crippen LogP contribution in [0.5, 0.6) is 0 Å². The third kappa shape index (κ3) is 2.35. The first-order valence-electron chi connectivity index (χ1n) is 5.31. The van der Waals surface area contributed by atoms with Crippen molar-refractivity contribution < 1.29 is 5.11 Å². The fourth-order valence-corrected chi connectivity index (χ4v) is 1.91. The van der Waals surface area contributed by atoms with Crippen molar-refractivity contribution >= 4 is 0 Å². The van der Waals surface area contributed by atoms with Crippen LogP contribution in [0.1, 0.15) is 19.7 Å². The van der Waals surface area contributed by atoms with Gasteiger partial charge in [0, 0.05) is 31.7 Å². The lowest BCUT2D eigenvalue weighted by Gasteiger charge is -2.33. The SMILES string of the molecule is CC(C)(CO)CN1CCn2cnnc2C1. The van der Waals surface area contributed by atoms with Crippen LogP contribution in [0.2, 0.25) is 0 Å². The molecular formula is C10H18N4O. The summed E-state index contributed by atoms with van der Waals surface area (Å²) in [7, 11) is 0. The molecule has 0 radical (unpaired) electrons. The van der Waals surface area contributed by atoms with Gasteiger partial charge < -0.3 is 9.67 Å². The lowest BCUT2D eigenvalue weighted by atomic mass is 9.94. The maximum atomic E-state index is 9.22. The highest BCUT2D eigenvalue weighted by molar-refractivity contribution is 4.91. The van der Waals surface area contributed by atoms with Crippen LogP contribution in [0.15, 0.2) is 6.33 Å². The molecule has 2 rings (SSSR count). The number of aliphatic hydroxyl groups is 1. The van der Waals surface area contributed by atoms with Crippen LogP contribution >= 0.6 is 0 Å². The molecule has 84 valence electrons. The number of aliphatic hydroxyl groups excluding tert-OH is 1. The lowest BCUT2D eigenvalue weighted by Crippen LogP contribution is -2.41. The number of rotatable bonds is 3. The first-order valence-corrected chi connectivity index (χ1v) is 5.31. The molecule has 0 aromatic carbocycles. The van der Waals surface area contributed by atoms with Gasteiger partial charge in [-0.1, -0.05) is 13.8 Å². The van der Waals surface area contributed by atoms with Crippen LogP contribution in [0.25, 0.3) is 0 Å². The lowest BCUT2D eigenvalue weighted by molar-refractivity contribution is 0.0874. The molecule has 15 heavy (non-hydrogen) atoms. The van der Waals surface area contributed by atoms with Crippen molar-refractivity contribution in [3.05, 3.63) is 12.2 Å². The molecule has 5 heteroatoms. The third-order valence-corrected chi connectivity index (χ3v) is 2.80. The second-order valence-corrected chi connectivity index (χ2v) is 4.97. The second-order valence-electron chi connectivity index (χ2n) is 4.97. The van der Waals surface area contributed by atoms with Gasteiger partial charge in [0.1, 0.15) is 12.2 Å². The zero-order valence-corrected chi connectivity index (χ0v) is 9.35. The van der Waals surface area contributed by atoms with Crippen molar-refractivity contribution in [2.45, 2.75) is 26.9 Å². The molecule has 0 amide bonds. The van der Waals surface area contributed by atoms with Crippen LogP contribution < -0.4 is 0 Å². The van der Waals surface area contributed by atoms with Crippen molar-refractivity contribution in [2.24, 2.45) is 5.41 Å². The molecule has 0 atom stereocenters. The fraction of sp³-hybridized carbons (Fsp3) is 0.800. The summed E-state index contributed by atoms with van der Waals surface area (Å²) in [6, 6.07) is 0. The summed E-state index contributed by atoms with van der Waals surface area (Å²) >= 11 is 0. The minimum atomic E-state index is -0.0395. The Morgan fingerprint density at radius 2 is 2.27 bits per heavy atom. The minimum absolute atomic E-state index is 0.0395. The Balaban J connectivity index is 1.98. The Bertz CT molecular complexity index is 334. The molecule has 2 heterocycles. The predicted molar refractivity (Wildman–Crippen MR) is 56.2 cm³/mol. The Kier molecular flexibility index (Phi) is 2.75. The van der Waals surface area contributed by atoms with Gasteiger partial charge in [-0.3, -0.25) is 4.90 Å². The van der Waals surface area contributed by atoms with Gasteiger partial charge in [0.15, 0.2) is 0 Å². The van der Waals surface area contributed by atoms with Crippen molar-refractivity contribution in [1.29, 1.82) is 0 Å². The smallest absolute Gasteiger partial charge is 0.147 e. The minimum Gasteiger partial charge on any atom is -0.396 e. The summed E-state index contributed by atoms with van der Waals surface area (Å²) < 4.78 is 2.09. The Labute approximate surface area is 89.7 Å². The molecule has 0 spiro atoms. The van der Waals surface area contributed by atoms with Gasteiger partial charge in [-0.2, -0.15) is 0 Å². The standard InChI is InChI=1S/C10H18N4O/c1-10(2,7-15)6-13-3-4-14-8-11-12-9(14)5-13/h8,15H,3-7H2,1-2H3. The summed E-state index contributed by atoms with van der Waals surface area (Å²) in [6.07, 6.45) is 1.78. The van der Waals surface area contributed by atoms with Crippen molar-refractivity contribution in [3.8, 4) is 0 Å². The summed E-state index contributed by atoms with van der Waals surface area (Å²) in [5, 5.41) is 17.2. The molecule has 0 bridgehead atoms. The number of hydrogen-bond acceptors (Lipinski definition) is 4. The highest BCUT2D eigenvalue weighted by Gasteiger charge is 2.24. The molecule has 0 saturated carbocycles. The number of hydrogen-bond donors (Lipinski definition) is 1. The second kappa shape index (κ2) is 3.90. The van der Waals surface area contributed by atoms with Gasteiger partial charge in [0.2, 0.25) is 0 Å². The molecule has 1 aliphatic heterocycles. The quantitative estimate of drug-likeness (QED) is 0.769. The van der Waals surface area contributed by atoms with E-state index in [1.807, 2.05) is 0 Å². The van der Waals surface area contributed by atoms with Crippen molar-refractivity contribution in [2.75, 3.05) is 19.7 Å². The largest absolute Gasteiger partial charge is 0.396 e.